The van der Waals surface area contributed by atoms with Gasteiger partial charge in [0.25, 0.3) is 0 Å². The van der Waals surface area contributed by atoms with Gasteiger partial charge in [0.05, 0.1) is 17.6 Å². The second kappa shape index (κ2) is 5.17. The van der Waals surface area contributed by atoms with Crippen molar-refractivity contribution in [2.75, 3.05) is 0 Å². The largest absolute Gasteiger partial charge is 0.294 e. The molecule has 0 aliphatic heterocycles. The maximum absolute atomic E-state index is 12.6. The fraction of sp³-hybridized carbons (Fsp3) is 0.222. The zero-order chi connectivity index (χ0) is 15.0. The molecular weight excluding hydrogens is 260 g/mol. The first kappa shape index (κ1) is 13.6. The predicted octanol–water partition coefficient (Wildman–Crippen LogP) is 3.62. The van der Waals surface area contributed by atoms with Gasteiger partial charge in [0.2, 0.25) is 0 Å². The van der Waals surface area contributed by atoms with Crippen LogP contribution in [0.4, 0.5) is 0 Å². The molecule has 0 spiro atoms. The van der Waals surface area contributed by atoms with Gasteiger partial charge < -0.3 is 0 Å². The molecule has 0 amide bonds. The Bertz CT molecular complexity index is 830. The molecule has 0 bridgehead atoms. The zero-order valence-corrected chi connectivity index (χ0v) is 12.6. The molecule has 3 rings (SSSR count). The summed E-state index contributed by atoms with van der Waals surface area (Å²) in [5, 5.41) is 5.56. The van der Waals surface area contributed by atoms with Gasteiger partial charge >= 0.3 is 0 Å². The third-order valence-electron chi connectivity index (χ3n) is 4.07. The minimum absolute atomic E-state index is 0.125. The van der Waals surface area contributed by atoms with Crippen molar-refractivity contribution in [1.29, 1.82) is 0 Å². The summed E-state index contributed by atoms with van der Waals surface area (Å²) in [5.41, 5.74) is 4.90. The summed E-state index contributed by atoms with van der Waals surface area (Å²) >= 11 is 0. The molecule has 0 unspecified atom stereocenters. The van der Waals surface area contributed by atoms with E-state index in [4.69, 9.17) is 0 Å². The molecule has 3 heteroatoms. The highest BCUT2D eigenvalue weighted by Gasteiger charge is 2.15. The van der Waals surface area contributed by atoms with Crippen LogP contribution in [0.5, 0.6) is 0 Å². The number of carbonyl (C=O) groups is 1. The minimum Gasteiger partial charge on any atom is -0.294 e. The Kier molecular flexibility index (Phi) is 3.34. The Morgan fingerprint density at radius 2 is 1.86 bits per heavy atom. The predicted molar refractivity (Wildman–Crippen MR) is 84.7 cm³/mol. The van der Waals surface area contributed by atoms with Gasteiger partial charge in [0, 0.05) is 18.0 Å². The monoisotopic (exact) mass is 278 g/mol. The highest BCUT2D eigenvalue weighted by atomic mass is 16.1. The van der Waals surface area contributed by atoms with Gasteiger partial charge in [-0.3, -0.25) is 9.48 Å². The molecule has 0 N–H and O–H groups in total. The van der Waals surface area contributed by atoms with Crippen LogP contribution in [0.3, 0.4) is 0 Å². The van der Waals surface area contributed by atoms with Crippen molar-refractivity contribution in [2.45, 2.75) is 20.3 Å². The first-order valence-electron chi connectivity index (χ1n) is 7.08. The molecule has 0 atom stereocenters. The third kappa shape index (κ3) is 2.35. The number of fused-ring (bicyclic) bond motifs is 1. The third-order valence-corrected chi connectivity index (χ3v) is 4.07. The second-order valence-electron chi connectivity index (χ2n) is 5.43. The Morgan fingerprint density at radius 1 is 1.10 bits per heavy atom. The lowest BCUT2D eigenvalue weighted by molar-refractivity contribution is 0.0991. The Hall–Kier alpha value is -2.42. The van der Waals surface area contributed by atoms with Crippen LogP contribution >= 0.6 is 0 Å². The molecule has 1 aromatic heterocycles. The Labute approximate surface area is 124 Å². The fourth-order valence-electron chi connectivity index (χ4n) is 2.72. The van der Waals surface area contributed by atoms with E-state index in [2.05, 4.69) is 5.10 Å². The van der Waals surface area contributed by atoms with Crippen LogP contribution in [0.2, 0.25) is 0 Å². The number of ketones is 1. The highest BCUT2D eigenvalue weighted by molar-refractivity contribution is 6.00. The lowest BCUT2D eigenvalue weighted by Crippen LogP contribution is -2.07. The lowest BCUT2D eigenvalue weighted by atomic mass is 9.97. The minimum atomic E-state index is 0.125. The van der Waals surface area contributed by atoms with Crippen LogP contribution < -0.4 is 0 Å². The van der Waals surface area contributed by atoms with Crippen molar-refractivity contribution in [3.8, 4) is 0 Å². The Balaban J connectivity index is 1.99. The normalized spacial score (nSPS) is 11.0. The average molecular weight is 278 g/mol. The molecule has 0 fully saturated rings. The van der Waals surface area contributed by atoms with Crippen LogP contribution in [0.15, 0.2) is 42.5 Å². The van der Waals surface area contributed by atoms with Crippen molar-refractivity contribution in [1.82, 2.24) is 9.78 Å². The topological polar surface area (TPSA) is 34.9 Å². The number of benzene rings is 2. The van der Waals surface area contributed by atoms with Crippen LogP contribution in [-0.2, 0) is 13.5 Å². The van der Waals surface area contributed by atoms with Crippen LogP contribution in [-0.4, -0.2) is 15.6 Å². The van der Waals surface area contributed by atoms with E-state index in [0.717, 1.165) is 33.3 Å². The standard InChI is InChI=1S/C18H18N2O/c1-12-7-6-9-14(13(12)2)18(21)11-16-15-8-4-5-10-17(15)20(3)19-16/h4-10H,11H2,1-3H3. The van der Waals surface area contributed by atoms with Gasteiger partial charge in [0.1, 0.15) is 0 Å². The van der Waals surface area contributed by atoms with Crippen molar-refractivity contribution in [3.63, 3.8) is 0 Å². The first-order valence-corrected chi connectivity index (χ1v) is 7.08. The number of para-hydroxylation sites is 1. The number of rotatable bonds is 3. The van der Waals surface area contributed by atoms with E-state index in [9.17, 15) is 4.79 Å². The molecule has 0 aliphatic carbocycles. The summed E-state index contributed by atoms with van der Waals surface area (Å²) in [5.74, 6) is 0.125. The van der Waals surface area contributed by atoms with Gasteiger partial charge in [-0.05, 0) is 31.0 Å². The average Bonchev–Trinajstić information content (AvgIpc) is 2.79. The van der Waals surface area contributed by atoms with Gasteiger partial charge in [-0.15, -0.1) is 0 Å². The number of carbonyl (C=O) groups excluding carboxylic acids is 1. The molecule has 3 nitrogen and oxygen atoms in total. The fourth-order valence-corrected chi connectivity index (χ4v) is 2.72. The molecule has 3 aromatic rings. The van der Waals surface area contributed by atoms with E-state index < -0.39 is 0 Å². The summed E-state index contributed by atoms with van der Waals surface area (Å²) in [7, 11) is 1.91. The summed E-state index contributed by atoms with van der Waals surface area (Å²) in [6.07, 6.45) is 0.339. The number of nitrogens with zero attached hydrogens (tertiary/aromatic N) is 2. The van der Waals surface area contributed by atoms with Crippen LogP contribution in [0.1, 0.15) is 27.2 Å². The van der Waals surface area contributed by atoms with E-state index in [-0.39, 0.29) is 5.78 Å². The van der Waals surface area contributed by atoms with E-state index in [1.807, 2.05) is 68.0 Å². The van der Waals surface area contributed by atoms with Crippen molar-refractivity contribution in [2.24, 2.45) is 7.05 Å². The molecule has 0 radical (unpaired) electrons. The SMILES string of the molecule is Cc1cccc(C(=O)Cc2nn(C)c3ccccc23)c1C. The number of Topliss-reactive ketones (excluding diaryl/α,β-unsaturated/α-hetero) is 1. The lowest BCUT2D eigenvalue weighted by Gasteiger charge is -2.06. The van der Waals surface area contributed by atoms with Crippen LogP contribution in [0, 0.1) is 13.8 Å². The summed E-state index contributed by atoms with van der Waals surface area (Å²) in [6, 6.07) is 13.9. The van der Waals surface area contributed by atoms with Gasteiger partial charge in [-0.25, -0.2) is 0 Å². The Morgan fingerprint density at radius 3 is 2.67 bits per heavy atom. The molecule has 0 aliphatic rings. The van der Waals surface area contributed by atoms with Gasteiger partial charge in [-0.1, -0.05) is 36.4 Å². The number of aryl methyl sites for hydroxylation is 2. The number of hydrogen-bond acceptors (Lipinski definition) is 2. The highest BCUT2D eigenvalue weighted by Crippen LogP contribution is 2.20. The number of aromatic nitrogens is 2. The van der Waals surface area contributed by atoms with Crippen molar-refractivity contribution >= 4 is 16.7 Å². The summed E-state index contributed by atoms with van der Waals surface area (Å²) in [4.78, 5) is 12.6. The van der Waals surface area contributed by atoms with E-state index in [0.29, 0.717) is 6.42 Å². The van der Waals surface area contributed by atoms with E-state index in [1.165, 1.54) is 0 Å². The summed E-state index contributed by atoms with van der Waals surface area (Å²) < 4.78 is 1.83. The van der Waals surface area contributed by atoms with Gasteiger partial charge in [0.15, 0.2) is 5.78 Å². The first-order chi connectivity index (χ1) is 10.1. The molecule has 2 aromatic carbocycles. The maximum atomic E-state index is 12.6. The molecule has 0 saturated heterocycles. The van der Waals surface area contributed by atoms with E-state index >= 15 is 0 Å². The van der Waals surface area contributed by atoms with E-state index in [1.54, 1.807) is 0 Å². The zero-order valence-electron chi connectivity index (χ0n) is 12.6. The maximum Gasteiger partial charge on any atom is 0.169 e. The molecular formula is C18H18N2O. The smallest absolute Gasteiger partial charge is 0.169 e. The van der Waals surface area contributed by atoms with Crippen molar-refractivity contribution in [3.05, 3.63) is 64.8 Å². The van der Waals surface area contributed by atoms with Crippen molar-refractivity contribution < 1.29 is 4.79 Å². The molecule has 1 heterocycles. The molecule has 106 valence electrons. The molecule has 0 saturated carbocycles. The second-order valence-corrected chi connectivity index (χ2v) is 5.43. The quantitative estimate of drug-likeness (QED) is 0.686. The number of hydrogen-bond donors (Lipinski definition) is 0. The molecule has 21 heavy (non-hydrogen) atoms. The summed E-state index contributed by atoms with van der Waals surface area (Å²) in [6.45, 7) is 4.03. The van der Waals surface area contributed by atoms with Crippen LogP contribution in [0.25, 0.3) is 10.9 Å². The van der Waals surface area contributed by atoms with Gasteiger partial charge in [-0.2, -0.15) is 5.10 Å².